The Morgan fingerprint density at radius 1 is 1.19 bits per heavy atom. The van der Waals surface area contributed by atoms with E-state index in [1.54, 1.807) is 0 Å². The summed E-state index contributed by atoms with van der Waals surface area (Å²) in [6, 6.07) is 0.806. The summed E-state index contributed by atoms with van der Waals surface area (Å²) in [5.74, 6) is 1.05. The molecule has 94 valence electrons. The van der Waals surface area contributed by atoms with Crippen LogP contribution in [0.4, 0.5) is 0 Å². The fourth-order valence-electron chi connectivity index (χ4n) is 3.53. The third-order valence-corrected chi connectivity index (χ3v) is 5.02. The van der Waals surface area contributed by atoms with Gasteiger partial charge in [0.1, 0.15) is 0 Å². The van der Waals surface area contributed by atoms with Crippen LogP contribution >= 0.6 is 0 Å². The first-order valence-electron chi connectivity index (χ1n) is 7.48. The van der Waals surface area contributed by atoms with Crippen molar-refractivity contribution >= 4 is 0 Å². The molecule has 0 spiro atoms. The molecule has 2 aliphatic carbocycles. The fourth-order valence-corrected chi connectivity index (χ4v) is 3.53. The number of hydrogen-bond acceptors (Lipinski definition) is 1. The van der Waals surface area contributed by atoms with Gasteiger partial charge in [-0.05, 0) is 43.6 Å². The molecule has 1 unspecified atom stereocenters. The molecule has 0 aromatic heterocycles. The molecule has 0 radical (unpaired) electrons. The normalized spacial score (nSPS) is 26.6. The van der Waals surface area contributed by atoms with E-state index in [9.17, 15) is 0 Å². The van der Waals surface area contributed by atoms with Gasteiger partial charge in [0.05, 0.1) is 0 Å². The van der Waals surface area contributed by atoms with Crippen LogP contribution in [0.3, 0.4) is 0 Å². The summed E-state index contributed by atoms with van der Waals surface area (Å²) >= 11 is 0. The van der Waals surface area contributed by atoms with E-state index in [0.717, 1.165) is 12.0 Å². The van der Waals surface area contributed by atoms with Crippen molar-refractivity contribution in [1.82, 2.24) is 5.32 Å². The van der Waals surface area contributed by atoms with Crippen molar-refractivity contribution in [2.24, 2.45) is 11.3 Å². The molecule has 1 nitrogen and oxygen atoms in total. The predicted octanol–water partition coefficient (Wildman–Crippen LogP) is 4.13. The first kappa shape index (κ1) is 12.4. The number of hydrogen-bond donors (Lipinski definition) is 1. The molecule has 2 fully saturated rings. The standard InChI is InChI=1S/C15H29N/c1-3-11-16-14(12-13-7-6-8-13)15(2)9-4-5-10-15/h13-14,16H,3-12H2,1-2H3. The molecule has 2 rings (SSSR count). The van der Waals surface area contributed by atoms with Crippen LogP contribution in [0, 0.1) is 11.3 Å². The summed E-state index contributed by atoms with van der Waals surface area (Å²) in [5, 5.41) is 3.85. The van der Waals surface area contributed by atoms with E-state index in [2.05, 4.69) is 19.2 Å². The summed E-state index contributed by atoms with van der Waals surface area (Å²) in [7, 11) is 0. The molecular formula is C15H29N. The molecule has 0 amide bonds. The molecule has 1 heteroatoms. The maximum atomic E-state index is 3.85. The maximum absolute atomic E-state index is 3.85. The van der Waals surface area contributed by atoms with E-state index in [-0.39, 0.29) is 0 Å². The maximum Gasteiger partial charge on any atom is 0.0123 e. The average molecular weight is 223 g/mol. The van der Waals surface area contributed by atoms with E-state index in [4.69, 9.17) is 0 Å². The lowest BCUT2D eigenvalue weighted by Crippen LogP contribution is -2.44. The van der Waals surface area contributed by atoms with Crippen LogP contribution in [-0.2, 0) is 0 Å². The summed E-state index contributed by atoms with van der Waals surface area (Å²) in [6.45, 7) is 6.03. The summed E-state index contributed by atoms with van der Waals surface area (Å²) < 4.78 is 0. The largest absolute Gasteiger partial charge is 0.313 e. The van der Waals surface area contributed by atoms with Crippen molar-refractivity contribution < 1.29 is 0 Å². The molecule has 0 aromatic rings. The Balaban J connectivity index is 1.89. The quantitative estimate of drug-likeness (QED) is 0.714. The lowest BCUT2D eigenvalue weighted by molar-refractivity contribution is 0.157. The predicted molar refractivity (Wildman–Crippen MR) is 70.6 cm³/mol. The highest BCUT2D eigenvalue weighted by molar-refractivity contribution is 4.93. The Morgan fingerprint density at radius 3 is 2.38 bits per heavy atom. The number of rotatable bonds is 6. The monoisotopic (exact) mass is 223 g/mol. The minimum atomic E-state index is 0.616. The Morgan fingerprint density at radius 2 is 1.88 bits per heavy atom. The molecule has 0 aliphatic heterocycles. The topological polar surface area (TPSA) is 12.0 Å². The van der Waals surface area contributed by atoms with Crippen molar-refractivity contribution in [1.29, 1.82) is 0 Å². The van der Waals surface area contributed by atoms with E-state index in [1.165, 1.54) is 64.3 Å². The van der Waals surface area contributed by atoms with Gasteiger partial charge < -0.3 is 5.32 Å². The highest BCUT2D eigenvalue weighted by Gasteiger charge is 2.38. The summed E-state index contributed by atoms with van der Waals surface area (Å²) in [6.07, 6.45) is 13.1. The Bertz CT molecular complexity index is 201. The van der Waals surface area contributed by atoms with Gasteiger partial charge in [-0.1, -0.05) is 46.0 Å². The van der Waals surface area contributed by atoms with Gasteiger partial charge in [0.2, 0.25) is 0 Å². The summed E-state index contributed by atoms with van der Waals surface area (Å²) in [4.78, 5) is 0. The second kappa shape index (κ2) is 5.53. The molecule has 2 saturated carbocycles. The highest BCUT2D eigenvalue weighted by atomic mass is 14.9. The Hall–Kier alpha value is -0.0400. The van der Waals surface area contributed by atoms with Crippen LogP contribution in [0.1, 0.15) is 71.6 Å². The first-order valence-corrected chi connectivity index (χ1v) is 7.48. The molecule has 0 saturated heterocycles. The van der Waals surface area contributed by atoms with Gasteiger partial charge in [-0.25, -0.2) is 0 Å². The van der Waals surface area contributed by atoms with Crippen LogP contribution in [0.25, 0.3) is 0 Å². The van der Waals surface area contributed by atoms with Gasteiger partial charge in [0.15, 0.2) is 0 Å². The van der Waals surface area contributed by atoms with Crippen LogP contribution in [0.2, 0.25) is 0 Å². The van der Waals surface area contributed by atoms with Crippen molar-refractivity contribution in [2.45, 2.75) is 77.7 Å². The SMILES string of the molecule is CCCNC(CC1CCC1)C1(C)CCCC1. The van der Waals surface area contributed by atoms with Crippen molar-refractivity contribution in [2.75, 3.05) is 6.54 Å². The van der Waals surface area contributed by atoms with Gasteiger partial charge in [-0.2, -0.15) is 0 Å². The van der Waals surface area contributed by atoms with Gasteiger partial charge in [-0.3, -0.25) is 0 Å². The molecule has 0 bridgehead atoms. The second-order valence-electron chi connectivity index (χ2n) is 6.40. The zero-order valence-corrected chi connectivity index (χ0v) is 11.2. The highest BCUT2D eigenvalue weighted by Crippen LogP contribution is 2.44. The Labute approximate surface area is 101 Å². The third-order valence-electron chi connectivity index (χ3n) is 5.02. The van der Waals surface area contributed by atoms with Crippen LogP contribution in [0.15, 0.2) is 0 Å². The smallest absolute Gasteiger partial charge is 0.0123 e. The zero-order chi connectivity index (χ0) is 11.4. The van der Waals surface area contributed by atoms with Crippen LogP contribution in [0.5, 0.6) is 0 Å². The molecule has 1 atom stereocenters. The molecule has 16 heavy (non-hydrogen) atoms. The van der Waals surface area contributed by atoms with Gasteiger partial charge >= 0.3 is 0 Å². The molecule has 1 N–H and O–H groups in total. The average Bonchev–Trinajstić information content (AvgIpc) is 2.63. The van der Waals surface area contributed by atoms with Crippen LogP contribution < -0.4 is 5.32 Å². The minimum Gasteiger partial charge on any atom is -0.313 e. The third kappa shape index (κ3) is 2.80. The van der Waals surface area contributed by atoms with Gasteiger partial charge in [-0.15, -0.1) is 0 Å². The lowest BCUT2D eigenvalue weighted by Gasteiger charge is -2.39. The van der Waals surface area contributed by atoms with E-state index < -0.39 is 0 Å². The molecule has 0 heterocycles. The Kier molecular flexibility index (Phi) is 4.29. The number of nitrogens with one attached hydrogen (secondary N) is 1. The fraction of sp³-hybridized carbons (Fsp3) is 1.00. The van der Waals surface area contributed by atoms with Gasteiger partial charge in [0.25, 0.3) is 0 Å². The molecule has 2 aliphatic rings. The lowest BCUT2D eigenvalue weighted by atomic mass is 9.72. The van der Waals surface area contributed by atoms with Crippen molar-refractivity contribution in [3.63, 3.8) is 0 Å². The van der Waals surface area contributed by atoms with Crippen LogP contribution in [-0.4, -0.2) is 12.6 Å². The molecule has 0 aromatic carbocycles. The van der Waals surface area contributed by atoms with E-state index in [1.807, 2.05) is 0 Å². The first-order chi connectivity index (χ1) is 7.74. The molecular weight excluding hydrogens is 194 g/mol. The van der Waals surface area contributed by atoms with Crippen molar-refractivity contribution in [3.8, 4) is 0 Å². The van der Waals surface area contributed by atoms with E-state index in [0.29, 0.717) is 5.41 Å². The van der Waals surface area contributed by atoms with E-state index >= 15 is 0 Å². The van der Waals surface area contributed by atoms with Gasteiger partial charge in [0, 0.05) is 6.04 Å². The van der Waals surface area contributed by atoms with Crippen molar-refractivity contribution in [3.05, 3.63) is 0 Å². The summed E-state index contributed by atoms with van der Waals surface area (Å²) in [5.41, 5.74) is 0.616. The zero-order valence-electron chi connectivity index (χ0n) is 11.2. The second-order valence-corrected chi connectivity index (χ2v) is 6.40. The minimum absolute atomic E-state index is 0.616.